The second-order valence-electron chi connectivity index (χ2n) is 5.71. The molecule has 0 unspecified atom stereocenters. The summed E-state index contributed by atoms with van der Waals surface area (Å²) in [6.45, 7) is 0.398. The Labute approximate surface area is 146 Å². The van der Waals surface area contributed by atoms with Gasteiger partial charge in [0.15, 0.2) is 6.61 Å². The number of benzene rings is 2. The average Bonchev–Trinajstić information content (AvgIpc) is 2.61. The molecule has 0 fully saturated rings. The Morgan fingerprint density at radius 3 is 2.67 bits per heavy atom. The van der Waals surface area contributed by atoms with Crippen molar-refractivity contribution in [3.05, 3.63) is 64.7 Å². The Hall–Kier alpha value is -2.33. The van der Waals surface area contributed by atoms with Crippen LogP contribution in [0.15, 0.2) is 48.5 Å². The molecule has 5 heteroatoms. The molecule has 1 heterocycles. The minimum atomic E-state index is -0.457. The third kappa shape index (κ3) is 3.77. The predicted octanol–water partition coefficient (Wildman–Crippen LogP) is 3.41. The summed E-state index contributed by atoms with van der Waals surface area (Å²) in [6.07, 6.45) is 1.94. The molecule has 0 saturated carbocycles. The molecule has 0 aromatic heterocycles. The predicted molar refractivity (Wildman–Crippen MR) is 93.2 cm³/mol. The minimum absolute atomic E-state index is 0.0591. The zero-order valence-corrected chi connectivity index (χ0v) is 14.0. The number of halogens is 1. The number of carbonyl (C=O) groups is 2. The van der Waals surface area contributed by atoms with Gasteiger partial charge in [0.25, 0.3) is 5.91 Å². The molecule has 4 nitrogen and oxygen atoms in total. The van der Waals surface area contributed by atoms with E-state index in [1.807, 2.05) is 30.3 Å². The van der Waals surface area contributed by atoms with Crippen molar-refractivity contribution < 1.29 is 14.3 Å². The van der Waals surface area contributed by atoms with Crippen LogP contribution >= 0.6 is 11.6 Å². The van der Waals surface area contributed by atoms with Crippen LogP contribution in [0.1, 0.15) is 17.5 Å². The van der Waals surface area contributed by atoms with E-state index < -0.39 is 5.97 Å². The number of ether oxygens (including phenoxy) is 1. The minimum Gasteiger partial charge on any atom is -0.455 e. The van der Waals surface area contributed by atoms with Gasteiger partial charge in [-0.25, -0.2) is 0 Å². The van der Waals surface area contributed by atoms with E-state index in [2.05, 4.69) is 0 Å². The molecule has 1 aliphatic heterocycles. The summed E-state index contributed by atoms with van der Waals surface area (Å²) in [4.78, 5) is 26.0. The SMILES string of the molecule is O=C(Cc1ccccc1Cl)OCC(=O)N1CCCc2ccccc21. The number of para-hydroxylation sites is 1. The van der Waals surface area contributed by atoms with E-state index in [4.69, 9.17) is 16.3 Å². The van der Waals surface area contributed by atoms with Gasteiger partial charge in [0, 0.05) is 17.3 Å². The zero-order chi connectivity index (χ0) is 16.9. The quantitative estimate of drug-likeness (QED) is 0.799. The van der Waals surface area contributed by atoms with Crippen molar-refractivity contribution in [2.45, 2.75) is 19.3 Å². The van der Waals surface area contributed by atoms with Crippen molar-refractivity contribution in [2.75, 3.05) is 18.1 Å². The van der Waals surface area contributed by atoms with Crippen molar-refractivity contribution in [2.24, 2.45) is 0 Å². The molecule has 3 rings (SSSR count). The fourth-order valence-electron chi connectivity index (χ4n) is 2.86. The first-order chi connectivity index (χ1) is 11.6. The van der Waals surface area contributed by atoms with Gasteiger partial charge in [0.1, 0.15) is 0 Å². The number of hydrogen-bond acceptors (Lipinski definition) is 3. The van der Waals surface area contributed by atoms with Gasteiger partial charge in [-0.05, 0) is 36.1 Å². The summed E-state index contributed by atoms with van der Waals surface area (Å²) >= 11 is 6.03. The second kappa shape index (κ2) is 7.49. The molecule has 0 spiro atoms. The molecule has 0 aliphatic carbocycles. The molecular formula is C19H18ClNO3. The van der Waals surface area contributed by atoms with Gasteiger partial charge in [-0.1, -0.05) is 48.0 Å². The largest absolute Gasteiger partial charge is 0.455 e. The molecule has 0 atom stereocenters. The monoisotopic (exact) mass is 343 g/mol. The van der Waals surface area contributed by atoms with Crippen molar-refractivity contribution in [3.63, 3.8) is 0 Å². The normalized spacial score (nSPS) is 13.3. The fraction of sp³-hybridized carbons (Fsp3) is 0.263. The first-order valence-electron chi connectivity index (χ1n) is 7.92. The lowest BCUT2D eigenvalue weighted by Gasteiger charge is -2.29. The highest BCUT2D eigenvalue weighted by molar-refractivity contribution is 6.31. The van der Waals surface area contributed by atoms with Crippen molar-refractivity contribution in [1.82, 2.24) is 0 Å². The van der Waals surface area contributed by atoms with Crippen LogP contribution in [0.4, 0.5) is 5.69 Å². The molecule has 0 radical (unpaired) electrons. The first-order valence-corrected chi connectivity index (χ1v) is 8.30. The average molecular weight is 344 g/mol. The van der Waals surface area contributed by atoms with Gasteiger partial charge in [-0.3, -0.25) is 9.59 Å². The smallest absolute Gasteiger partial charge is 0.310 e. The number of rotatable bonds is 4. The van der Waals surface area contributed by atoms with E-state index in [9.17, 15) is 9.59 Å². The number of anilines is 1. The van der Waals surface area contributed by atoms with Gasteiger partial charge in [-0.15, -0.1) is 0 Å². The van der Waals surface area contributed by atoms with Crippen LogP contribution in [0.3, 0.4) is 0 Å². The van der Waals surface area contributed by atoms with Crippen molar-refractivity contribution in [3.8, 4) is 0 Å². The summed E-state index contributed by atoms with van der Waals surface area (Å²) in [5.74, 6) is -0.656. The molecule has 124 valence electrons. The van der Waals surface area contributed by atoms with Gasteiger partial charge in [-0.2, -0.15) is 0 Å². The summed E-state index contributed by atoms with van der Waals surface area (Å²) in [6, 6.07) is 14.9. The Kier molecular flexibility index (Phi) is 5.16. The fourth-order valence-corrected chi connectivity index (χ4v) is 3.06. The molecule has 2 aromatic carbocycles. The van der Waals surface area contributed by atoms with E-state index in [-0.39, 0.29) is 18.9 Å². The third-order valence-corrected chi connectivity index (χ3v) is 4.43. The Balaban J connectivity index is 1.58. The maximum absolute atomic E-state index is 12.4. The number of aryl methyl sites for hydroxylation is 1. The molecule has 0 N–H and O–H groups in total. The lowest BCUT2D eigenvalue weighted by Crippen LogP contribution is -2.38. The summed E-state index contributed by atoms with van der Waals surface area (Å²) in [7, 11) is 0. The van der Waals surface area contributed by atoms with Gasteiger partial charge >= 0.3 is 5.97 Å². The van der Waals surface area contributed by atoms with E-state index in [0.29, 0.717) is 17.1 Å². The molecule has 1 amide bonds. The van der Waals surface area contributed by atoms with E-state index in [0.717, 1.165) is 24.1 Å². The lowest BCUT2D eigenvalue weighted by molar-refractivity contribution is -0.147. The maximum atomic E-state index is 12.4. The van der Waals surface area contributed by atoms with Crippen LogP contribution in [-0.4, -0.2) is 25.0 Å². The lowest BCUT2D eigenvalue weighted by atomic mass is 10.0. The number of esters is 1. The summed E-state index contributed by atoms with van der Waals surface area (Å²) in [5, 5.41) is 0.519. The van der Waals surface area contributed by atoms with E-state index in [1.54, 1.807) is 23.1 Å². The van der Waals surface area contributed by atoms with Crippen molar-refractivity contribution in [1.29, 1.82) is 0 Å². The van der Waals surface area contributed by atoms with E-state index >= 15 is 0 Å². The van der Waals surface area contributed by atoms with Gasteiger partial charge < -0.3 is 9.64 Å². The highest BCUT2D eigenvalue weighted by Crippen LogP contribution is 2.26. The summed E-state index contributed by atoms with van der Waals surface area (Å²) in [5.41, 5.74) is 2.76. The van der Waals surface area contributed by atoms with Crippen LogP contribution in [0.25, 0.3) is 0 Å². The van der Waals surface area contributed by atoms with Crippen LogP contribution < -0.4 is 4.90 Å². The van der Waals surface area contributed by atoms with Crippen LogP contribution in [0.5, 0.6) is 0 Å². The first kappa shape index (κ1) is 16.5. The van der Waals surface area contributed by atoms with Crippen LogP contribution in [0.2, 0.25) is 5.02 Å². The summed E-state index contributed by atoms with van der Waals surface area (Å²) < 4.78 is 5.14. The molecule has 0 saturated heterocycles. The molecular weight excluding hydrogens is 326 g/mol. The highest BCUT2D eigenvalue weighted by atomic mass is 35.5. The molecule has 24 heavy (non-hydrogen) atoms. The Bertz CT molecular complexity index is 760. The number of fused-ring (bicyclic) bond motifs is 1. The van der Waals surface area contributed by atoms with E-state index in [1.165, 1.54) is 0 Å². The number of hydrogen-bond donors (Lipinski definition) is 0. The van der Waals surface area contributed by atoms with Crippen LogP contribution in [0, 0.1) is 0 Å². The topological polar surface area (TPSA) is 46.6 Å². The maximum Gasteiger partial charge on any atom is 0.310 e. The van der Waals surface area contributed by atoms with Gasteiger partial charge in [0.05, 0.1) is 6.42 Å². The number of amides is 1. The standard InChI is InChI=1S/C19H18ClNO3/c20-16-9-3-1-7-15(16)12-19(23)24-13-18(22)21-11-5-8-14-6-2-4-10-17(14)21/h1-4,6-7,9-10H,5,8,11-13H2. The third-order valence-electron chi connectivity index (χ3n) is 4.06. The molecule has 2 aromatic rings. The zero-order valence-electron chi connectivity index (χ0n) is 13.2. The van der Waals surface area contributed by atoms with Crippen molar-refractivity contribution >= 4 is 29.2 Å². The number of nitrogens with zero attached hydrogens (tertiary/aromatic N) is 1. The molecule has 1 aliphatic rings. The Morgan fingerprint density at radius 2 is 1.83 bits per heavy atom. The second-order valence-corrected chi connectivity index (χ2v) is 6.11. The molecule has 0 bridgehead atoms. The Morgan fingerprint density at radius 1 is 1.08 bits per heavy atom. The number of carbonyl (C=O) groups excluding carboxylic acids is 2. The highest BCUT2D eigenvalue weighted by Gasteiger charge is 2.23. The van der Waals surface area contributed by atoms with Crippen LogP contribution in [-0.2, 0) is 27.2 Å². The van der Waals surface area contributed by atoms with Gasteiger partial charge in [0.2, 0.25) is 0 Å².